The first kappa shape index (κ1) is 14.8. The number of nitrogens with zero attached hydrogens (tertiary/aromatic N) is 1. The molecule has 0 N–H and O–H groups in total. The Morgan fingerprint density at radius 1 is 1.26 bits per heavy atom. The highest BCUT2D eigenvalue weighted by atomic mass is 79.9. The van der Waals surface area contributed by atoms with Gasteiger partial charge in [0.25, 0.3) is 0 Å². The third kappa shape index (κ3) is 3.93. The van der Waals surface area contributed by atoms with Gasteiger partial charge < -0.3 is 4.74 Å². The quantitative estimate of drug-likeness (QED) is 0.805. The molecule has 0 radical (unpaired) electrons. The highest BCUT2D eigenvalue weighted by Gasteiger charge is 2.28. The zero-order valence-corrected chi connectivity index (χ0v) is 13.3. The minimum atomic E-state index is -0.298. The van der Waals surface area contributed by atoms with E-state index in [9.17, 15) is 4.39 Å². The van der Waals surface area contributed by atoms with Crippen LogP contribution in [-0.4, -0.2) is 29.6 Å². The molecule has 2 nitrogen and oxygen atoms in total. The molecule has 1 aromatic rings. The summed E-state index contributed by atoms with van der Waals surface area (Å²) in [5.74, 6) is 0.0602. The minimum absolute atomic E-state index is 0.120. The van der Waals surface area contributed by atoms with Gasteiger partial charge in [-0.15, -0.1) is 0 Å². The molecule has 0 saturated carbocycles. The molecular weight excluding hydrogens is 309 g/mol. The first-order valence-corrected chi connectivity index (χ1v) is 7.52. The van der Waals surface area contributed by atoms with E-state index in [2.05, 4.69) is 41.6 Å². The summed E-state index contributed by atoms with van der Waals surface area (Å²) in [6, 6.07) is 4.94. The van der Waals surface area contributed by atoms with Crippen LogP contribution in [-0.2, 0) is 0 Å². The van der Waals surface area contributed by atoms with Gasteiger partial charge in [-0.25, -0.2) is 4.39 Å². The topological polar surface area (TPSA) is 12.5 Å². The Kier molecular flexibility index (Phi) is 4.51. The average molecular weight is 330 g/mol. The molecule has 0 aromatic heterocycles. The van der Waals surface area contributed by atoms with Crippen molar-refractivity contribution in [2.24, 2.45) is 0 Å². The van der Waals surface area contributed by atoms with E-state index in [1.807, 2.05) is 6.07 Å². The normalized spacial score (nSPS) is 18.6. The molecule has 0 spiro atoms. The van der Waals surface area contributed by atoms with Gasteiger partial charge in [0.05, 0.1) is 0 Å². The van der Waals surface area contributed by atoms with Crippen LogP contribution in [0.2, 0.25) is 0 Å². The number of likely N-dealkylation sites (tertiary alicyclic amines) is 1. The van der Waals surface area contributed by atoms with Gasteiger partial charge in [0.2, 0.25) is 0 Å². The summed E-state index contributed by atoms with van der Waals surface area (Å²) >= 11 is 3.25. The molecule has 0 aliphatic carbocycles. The average Bonchev–Trinajstić information content (AvgIpc) is 2.32. The van der Waals surface area contributed by atoms with Gasteiger partial charge in [-0.2, -0.15) is 0 Å². The Bertz CT molecular complexity index is 436. The zero-order valence-electron chi connectivity index (χ0n) is 11.7. The van der Waals surface area contributed by atoms with Crippen LogP contribution in [0.15, 0.2) is 22.7 Å². The van der Waals surface area contributed by atoms with Gasteiger partial charge >= 0.3 is 0 Å². The van der Waals surface area contributed by atoms with E-state index in [1.165, 1.54) is 6.07 Å². The van der Waals surface area contributed by atoms with Crippen LogP contribution in [0.5, 0.6) is 5.75 Å². The molecule has 2 rings (SSSR count). The molecular formula is C15H21BrFNO. The van der Waals surface area contributed by atoms with E-state index >= 15 is 0 Å². The molecule has 1 fully saturated rings. The van der Waals surface area contributed by atoms with Crippen LogP contribution < -0.4 is 4.74 Å². The molecule has 4 heteroatoms. The molecule has 1 aliphatic rings. The van der Waals surface area contributed by atoms with Crippen molar-refractivity contribution >= 4 is 15.9 Å². The van der Waals surface area contributed by atoms with Crippen LogP contribution in [0.4, 0.5) is 4.39 Å². The van der Waals surface area contributed by atoms with Crippen molar-refractivity contribution in [2.75, 3.05) is 13.1 Å². The summed E-state index contributed by atoms with van der Waals surface area (Å²) in [4.78, 5) is 2.45. The largest absolute Gasteiger partial charge is 0.487 e. The maximum absolute atomic E-state index is 13.7. The summed E-state index contributed by atoms with van der Waals surface area (Å²) in [7, 11) is 0. The lowest BCUT2D eigenvalue weighted by molar-refractivity contribution is 0.0475. The summed E-state index contributed by atoms with van der Waals surface area (Å²) in [6.45, 7) is 8.69. The third-order valence-electron chi connectivity index (χ3n) is 3.58. The fourth-order valence-electron chi connectivity index (χ4n) is 2.39. The number of ether oxygens (including phenoxy) is 1. The molecule has 0 atom stereocenters. The van der Waals surface area contributed by atoms with Gasteiger partial charge in [0, 0.05) is 23.1 Å². The van der Waals surface area contributed by atoms with Crippen molar-refractivity contribution in [3.05, 3.63) is 28.5 Å². The molecule has 0 bridgehead atoms. The Hall–Kier alpha value is -0.610. The molecule has 1 aliphatic heterocycles. The number of halogens is 2. The van der Waals surface area contributed by atoms with E-state index < -0.39 is 0 Å². The Balaban J connectivity index is 1.92. The van der Waals surface area contributed by atoms with Gasteiger partial charge in [-0.3, -0.25) is 4.90 Å². The van der Waals surface area contributed by atoms with Crippen LogP contribution in [0, 0.1) is 5.82 Å². The second-order valence-corrected chi connectivity index (χ2v) is 6.97. The Morgan fingerprint density at radius 3 is 2.42 bits per heavy atom. The molecule has 0 amide bonds. The first-order valence-electron chi connectivity index (χ1n) is 6.73. The SMILES string of the molecule is CC(C)(C)N1CCC(Oc2ccc(Br)cc2F)CC1. The maximum Gasteiger partial charge on any atom is 0.166 e. The lowest BCUT2D eigenvalue weighted by Gasteiger charge is -2.40. The number of piperidine rings is 1. The molecule has 19 heavy (non-hydrogen) atoms. The summed E-state index contributed by atoms with van der Waals surface area (Å²) in [6.07, 6.45) is 2.02. The number of rotatable bonds is 2. The van der Waals surface area contributed by atoms with Crippen molar-refractivity contribution in [3.63, 3.8) is 0 Å². The Labute approximate surface area is 123 Å². The minimum Gasteiger partial charge on any atom is -0.487 e. The van der Waals surface area contributed by atoms with Crippen LogP contribution in [0.3, 0.4) is 0 Å². The van der Waals surface area contributed by atoms with Crippen molar-refractivity contribution < 1.29 is 9.13 Å². The number of hydrogen-bond donors (Lipinski definition) is 0. The van der Waals surface area contributed by atoms with Crippen molar-refractivity contribution in [1.82, 2.24) is 4.90 Å². The molecule has 0 unspecified atom stereocenters. The summed E-state index contributed by atoms with van der Waals surface area (Å²) in [5.41, 5.74) is 0.202. The predicted octanol–water partition coefficient (Wildman–Crippen LogP) is 4.23. The smallest absolute Gasteiger partial charge is 0.166 e. The van der Waals surface area contributed by atoms with Crippen molar-refractivity contribution in [2.45, 2.75) is 45.3 Å². The second-order valence-electron chi connectivity index (χ2n) is 6.05. The lowest BCUT2D eigenvalue weighted by Crippen LogP contribution is -2.48. The second kappa shape index (κ2) is 5.80. The fraction of sp³-hybridized carbons (Fsp3) is 0.600. The van der Waals surface area contributed by atoms with Gasteiger partial charge in [0.15, 0.2) is 11.6 Å². The maximum atomic E-state index is 13.7. The van der Waals surface area contributed by atoms with Gasteiger partial charge in [-0.05, 0) is 51.8 Å². The van der Waals surface area contributed by atoms with E-state index in [0.717, 1.165) is 30.4 Å². The highest BCUT2D eigenvalue weighted by molar-refractivity contribution is 9.10. The molecule has 1 aromatic carbocycles. The summed E-state index contributed by atoms with van der Waals surface area (Å²) < 4.78 is 20.2. The van der Waals surface area contributed by atoms with Crippen molar-refractivity contribution in [3.8, 4) is 5.75 Å². The summed E-state index contributed by atoms with van der Waals surface area (Å²) in [5, 5.41) is 0. The molecule has 1 heterocycles. The van der Waals surface area contributed by atoms with Crippen molar-refractivity contribution in [1.29, 1.82) is 0 Å². The standard InChI is InChI=1S/C15H21BrFNO/c1-15(2,3)18-8-6-12(7-9-18)19-14-5-4-11(16)10-13(14)17/h4-5,10,12H,6-9H2,1-3H3. The molecule has 1 saturated heterocycles. The van der Waals surface area contributed by atoms with Crippen LogP contribution >= 0.6 is 15.9 Å². The highest BCUT2D eigenvalue weighted by Crippen LogP contribution is 2.26. The Morgan fingerprint density at radius 2 is 1.89 bits per heavy atom. The lowest BCUT2D eigenvalue weighted by atomic mass is 9.99. The zero-order chi connectivity index (χ0) is 14.0. The number of benzene rings is 1. The van der Waals surface area contributed by atoms with E-state index in [0.29, 0.717) is 5.75 Å². The third-order valence-corrected chi connectivity index (χ3v) is 4.07. The molecule has 106 valence electrons. The predicted molar refractivity (Wildman–Crippen MR) is 79.1 cm³/mol. The van der Waals surface area contributed by atoms with E-state index in [4.69, 9.17) is 4.74 Å². The van der Waals surface area contributed by atoms with Crippen LogP contribution in [0.1, 0.15) is 33.6 Å². The fourth-order valence-corrected chi connectivity index (χ4v) is 2.73. The van der Waals surface area contributed by atoms with Gasteiger partial charge in [0.1, 0.15) is 6.10 Å². The van der Waals surface area contributed by atoms with E-state index in [-0.39, 0.29) is 17.5 Å². The van der Waals surface area contributed by atoms with E-state index in [1.54, 1.807) is 6.07 Å². The first-order chi connectivity index (χ1) is 8.86. The monoisotopic (exact) mass is 329 g/mol. The number of hydrogen-bond acceptors (Lipinski definition) is 2. The van der Waals surface area contributed by atoms with Gasteiger partial charge in [-0.1, -0.05) is 15.9 Å². The van der Waals surface area contributed by atoms with Crippen LogP contribution in [0.25, 0.3) is 0 Å².